The van der Waals surface area contributed by atoms with Gasteiger partial charge in [-0.05, 0) is 44.0 Å². The standard InChI is InChI=1S/C20H28N4O2/c1-2-21-20(22-15-18(25)19-9-6-14-26-19)23-16-10-12-24(13-11-16)17-7-4-3-5-8-17/h3-9,14,16,18,25H,2,10-13,15H2,1H3,(H2,21,22,23). The van der Waals surface area contributed by atoms with Crippen molar-refractivity contribution in [1.29, 1.82) is 0 Å². The second-order valence-corrected chi connectivity index (χ2v) is 6.49. The van der Waals surface area contributed by atoms with E-state index in [4.69, 9.17) is 4.42 Å². The fourth-order valence-electron chi connectivity index (χ4n) is 3.18. The maximum absolute atomic E-state index is 10.1. The number of aliphatic imine (C=N–C) groups is 1. The van der Waals surface area contributed by atoms with Gasteiger partial charge in [0.05, 0.1) is 12.8 Å². The Morgan fingerprint density at radius 1 is 1.23 bits per heavy atom. The van der Waals surface area contributed by atoms with E-state index in [1.807, 2.05) is 13.0 Å². The minimum absolute atomic E-state index is 0.270. The summed E-state index contributed by atoms with van der Waals surface area (Å²) in [6.45, 7) is 5.14. The molecule has 1 aliphatic rings. The molecule has 0 aliphatic carbocycles. The molecule has 1 atom stereocenters. The molecule has 0 radical (unpaired) electrons. The van der Waals surface area contributed by atoms with Gasteiger partial charge < -0.3 is 25.1 Å². The molecule has 1 aliphatic heterocycles. The Labute approximate surface area is 154 Å². The number of furan rings is 1. The second kappa shape index (κ2) is 9.29. The van der Waals surface area contributed by atoms with Crippen LogP contribution in [0.15, 0.2) is 58.1 Å². The van der Waals surface area contributed by atoms with Crippen LogP contribution in [0.5, 0.6) is 0 Å². The van der Waals surface area contributed by atoms with Gasteiger partial charge in [0.2, 0.25) is 0 Å². The summed E-state index contributed by atoms with van der Waals surface area (Å²) >= 11 is 0. The highest BCUT2D eigenvalue weighted by Gasteiger charge is 2.20. The lowest BCUT2D eigenvalue weighted by Gasteiger charge is -2.34. The number of benzene rings is 1. The van der Waals surface area contributed by atoms with Crippen molar-refractivity contribution in [3.05, 3.63) is 54.5 Å². The van der Waals surface area contributed by atoms with Gasteiger partial charge in [0, 0.05) is 31.4 Å². The number of hydrogen-bond donors (Lipinski definition) is 3. The molecule has 2 aromatic rings. The van der Waals surface area contributed by atoms with E-state index in [0.717, 1.165) is 38.4 Å². The minimum Gasteiger partial charge on any atom is -0.467 e. The average Bonchev–Trinajstić information content (AvgIpc) is 3.22. The number of para-hydroxylation sites is 1. The number of piperidine rings is 1. The van der Waals surface area contributed by atoms with Crippen molar-refractivity contribution in [1.82, 2.24) is 10.6 Å². The number of aliphatic hydroxyl groups is 1. The van der Waals surface area contributed by atoms with E-state index in [1.54, 1.807) is 18.4 Å². The Hall–Kier alpha value is -2.47. The monoisotopic (exact) mass is 356 g/mol. The van der Waals surface area contributed by atoms with E-state index in [9.17, 15) is 5.11 Å². The van der Waals surface area contributed by atoms with Crippen molar-refractivity contribution in [3.8, 4) is 0 Å². The van der Waals surface area contributed by atoms with Crippen molar-refractivity contribution in [2.75, 3.05) is 31.1 Å². The fraction of sp³-hybridized carbons (Fsp3) is 0.450. The molecule has 0 spiro atoms. The number of rotatable bonds is 6. The van der Waals surface area contributed by atoms with Crippen LogP contribution >= 0.6 is 0 Å². The van der Waals surface area contributed by atoms with Crippen molar-refractivity contribution < 1.29 is 9.52 Å². The average molecular weight is 356 g/mol. The molecule has 1 fully saturated rings. The van der Waals surface area contributed by atoms with Crippen LogP contribution < -0.4 is 15.5 Å². The van der Waals surface area contributed by atoms with Crippen LogP contribution in [0.25, 0.3) is 0 Å². The van der Waals surface area contributed by atoms with Crippen LogP contribution in [0.2, 0.25) is 0 Å². The molecule has 0 bridgehead atoms. The molecule has 1 saturated heterocycles. The summed E-state index contributed by atoms with van der Waals surface area (Å²) in [5, 5.41) is 16.9. The highest BCUT2D eigenvalue weighted by atomic mass is 16.4. The van der Waals surface area contributed by atoms with Crippen molar-refractivity contribution in [2.45, 2.75) is 31.9 Å². The van der Waals surface area contributed by atoms with Gasteiger partial charge in [-0.25, -0.2) is 0 Å². The van der Waals surface area contributed by atoms with Gasteiger partial charge in [0.25, 0.3) is 0 Å². The molecule has 1 aromatic heterocycles. The predicted octanol–water partition coefficient (Wildman–Crippen LogP) is 2.54. The van der Waals surface area contributed by atoms with Crippen molar-refractivity contribution >= 4 is 11.6 Å². The van der Waals surface area contributed by atoms with Crippen LogP contribution in [0.1, 0.15) is 31.6 Å². The van der Waals surface area contributed by atoms with Crippen LogP contribution in [-0.4, -0.2) is 43.3 Å². The van der Waals surface area contributed by atoms with E-state index in [2.05, 4.69) is 44.8 Å². The number of aliphatic hydroxyl groups excluding tert-OH is 1. The largest absolute Gasteiger partial charge is 0.467 e. The molecular formula is C20H28N4O2. The van der Waals surface area contributed by atoms with Gasteiger partial charge in [-0.1, -0.05) is 18.2 Å². The second-order valence-electron chi connectivity index (χ2n) is 6.49. The molecule has 3 rings (SSSR count). The number of nitrogens with one attached hydrogen (secondary N) is 2. The van der Waals surface area contributed by atoms with Crippen LogP contribution in [0.4, 0.5) is 5.69 Å². The van der Waals surface area contributed by atoms with E-state index in [1.165, 1.54) is 5.69 Å². The predicted molar refractivity (Wildman–Crippen MR) is 104 cm³/mol. The third-order valence-electron chi connectivity index (χ3n) is 4.60. The summed E-state index contributed by atoms with van der Waals surface area (Å²) in [5.41, 5.74) is 1.29. The zero-order chi connectivity index (χ0) is 18.2. The maximum atomic E-state index is 10.1. The minimum atomic E-state index is -0.722. The number of nitrogens with zero attached hydrogens (tertiary/aromatic N) is 2. The highest BCUT2D eigenvalue weighted by Crippen LogP contribution is 2.19. The lowest BCUT2D eigenvalue weighted by atomic mass is 10.0. The molecule has 6 heteroatoms. The van der Waals surface area contributed by atoms with Gasteiger partial charge in [-0.15, -0.1) is 0 Å². The molecule has 0 amide bonds. The highest BCUT2D eigenvalue weighted by molar-refractivity contribution is 5.80. The summed E-state index contributed by atoms with van der Waals surface area (Å²) in [6, 6.07) is 14.5. The number of hydrogen-bond acceptors (Lipinski definition) is 4. The third-order valence-corrected chi connectivity index (χ3v) is 4.60. The Morgan fingerprint density at radius 3 is 2.65 bits per heavy atom. The quantitative estimate of drug-likeness (QED) is 0.548. The topological polar surface area (TPSA) is 73.0 Å². The maximum Gasteiger partial charge on any atom is 0.191 e. The molecule has 3 N–H and O–H groups in total. The Morgan fingerprint density at radius 2 is 2.00 bits per heavy atom. The van der Waals surface area contributed by atoms with E-state index >= 15 is 0 Å². The Balaban J connectivity index is 1.51. The van der Waals surface area contributed by atoms with Crippen LogP contribution in [-0.2, 0) is 0 Å². The summed E-state index contributed by atoms with van der Waals surface area (Å²) in [4.78, 5) is 6.93. The summed E-state index contributed by atoms with van der Waals surface area (Å²) in [5.74, 6) is 1.29. The molecule has 6 nitrogen and oxygen atoms in total. The van der Waals surface area contributed by atoms with Crippen molar-refractivity contribution in [2.24, 2.45) is 4.99 Å². The third kappa shape index (κ3) is 5.02. The van der Waals surface area contributed by atoms with Crippen LogP contribution in [0, 0.1) is 0 Å². The van der Waals surface area contributed by atoms with Gasteiger partial charge in [0.1, 0.15) is 11.9 Å². The number of guanidine groups is 1. The molecule has 140 valence electrons. The first-order chi connectivity index (χ1) is 12.8. The molecule has 2 heterocycles. The SMILES string of the molecule is CCNC(=NCC(O)c1ccco1)NC1CCN(c2ccccc2)CC1. The zero-order valence-corrected chi connectivity index (χ0v) is 15.3. The van der Waals surface area contributed by atoms with Gasteiger partial charge >= 0.3 is 0 Å². The molecule has 26 heavy (non-hydrogen) atoms. The van der Waals surface area contributed by atoms with Crippen molar-refractivity contribution in [3.63, 3.8) is 0 Å². The molecular weight excluding hydrogens is 328 g/mol. The first-order valence-electron chi connectivity index (χ1n) is 9.32. The van der Waals surface area contributed by atoms with E-state index in [0.29, 0.717) is 11.8 Å². The van der Waals surface area contributed by atoms with Gasteiger partial charge in [-0.3, -0.25) is 4.99 Å². The number of anilines is 1. The first kappa shape index (κ1) is 18.3. The van der Waals surface area contributed by atoms with Gasteiger partial charge in [0.15, 0.2) is 5.96 Å². The zero-order valence-electron chi connectivity index (χ0n) is 15.3. The Kier molecular flexibility index (Phi) is 6.55. The Bertz CT molecular complexity index is 664. The lowest BCUT2D eigenvalue weighted by molar-refractivity contribution is 0.158. The fourth-order valence-corrected chi connectivity index (χ4v) is 3.18. The normalized spacial score (nSPS) is 17.2. The summed E-state index contributed by atoms with van der Waals surface area (Å²) in [7, 11) is 0. The van der Waals surface area contributed by atoms with E-state index in [-0.39, 0.29) is 6.54 Å². The summed E-state index contributed by atoms with van der Waals surface area (Å²) < 4.78 is 5.23. The molecule has 1 unspecified atom stereocenters. The van der Waals surface area contributed by atoms with Crippen LogP contribution in [0.3, 0.4) is 0 Å². The summed E-state index contributed by atoms with van der Waals surface area (Å²) in [6.07, 6.45) is 2.95. The van der Waals surface area contributed by atoms with E-state index < -0.39 is 6.10 Å². The first-order valence-corrected chi connectivity index (χ1v) is 9.32. The van der Waals surface area contributed by atoms with Gasteiger partial charge in [-0.2, -0.15) is 0 Å². The molecule has 0 saturated carbocycles. The smallest absolute Gasteiger partial charge is 0.191 e. The lowest BCUT2D eigenvalue weighted by Crippen LogP contribution is -2.48. The molecule has 1 aromatic carbocycles.